The van der Waals surface area contributed by atoms with Crippen LogP contribution in [-0.4, -0.2) is 11.7 Å². The van der Waals surface area contributed by atoms with Crippen LogP contribution in [0.2, 0.25) is 5.02 Å². The molecule has 0 spiro atoms. The fourth-order valence-electron chi connectivity index (χ4n) is 1.98. The van der Waals surface area contributed by atoms with Gasteiger partial charge < -0.3 is 10.4 Å². The van der Waals surface area contributed by atoms with Crippen molar-refractivity contribution in [2.75, 3.05) is 6.54 Å². The van der Waals surface area contributed by atoms with Gasteiger partial charge in [-0.3, -0.25) is 0 Å². The Morgan fingerprint density at radius 1 is 1.47 bits per heavy atom. The molecule has 0 aromatic heterocycles. The van der Waals surface area contributed by atoms with Crippen molar-refractivity contribution in [2.45, 2.75) is 25.8 Å². The molecule has 84 valence electrons. The summed E-state index contributed by atoms with van der Waals surface area (Å²) in [4.78, 5) is 0. The third kappa shape index (κ3) is 2.57. The second-order valence-corrected chi connectivity index (χ2v) is 4.25. The SMILES string of the molecule is Cc1cc(Cl)cc([C@@H]2CCCN2)c1O.Cl. The minimum atomic E-state index is 0. The highest BCUT2D eigenvalue weighted by Gasteiger charge is 2.20. The van der Waals surface area contributed by atoms with Gasteiger partial charge in [0, 0.05) is 16.6 Å². The first-order valence-corrected chi connectivity index (χ1v) is 5.28. The molecular weight excluding hydrogens is 233 g/mol. The van der Waals surface area contributed by atoms with Crippen molar-refractivity contribution in [3.63, 3.8) is 0 Å². The summed E-state index contributed by atoms with van der Waals surface area (Å²) in [5, 5.41) is 13.9. The lowest BCUT2D eigenvalue weighted by molar-refractivity contribution is 0.453. The molecule has 4 heteroatoms. The van der Waals surface area contributed by atoms with Gasteiger partial charge in [0.05, 0.1) is 0 Å². The minimum absolute atomic E-state index is 0. The van der Waals surface area contributed by atoms with E-state index < -0.39 is 0 Å². The second kappa shape index (κ2) is 5.06. The molecule has 1 aliphatic heterocycles. The van der Waals surface area contributed by atoms with Crippen LogP contribution in [0.4, 0.5) is 0 Å². The molecule has 1 atom stereocenters. The Balaban J connectivity index is 0.00000112. The van der Waals surface area contributed by atoms with Gasteiger partial charge in [0.1, 0.15) is 5.75 Å². The number of phenolic OH excluding ortho intramolecular Hbond substituents is 1. The molecule has 1 aromatic carbocycles. The molecule has 1 aliphatic rings. The van der Waals surface area contributed by atoms with E-state index >= 15 is 0 Å². The molecule has 1 fully saturated rings. The monoisotopic (exact) mass is 247 g/mol. The van der Waals surface area contributed by atoms with Crippen molar-refractivity contribution in [1.82, 2.24) is 5.32 Å². The maximum atomic E-state index is 9.88. The molecular formula is C11H15Cl2NO. The predicted molar refractivity (Wildman–Crippen MR) is 65.1 cm³/mol. The van der Waals surface area contributed by atoms with Crippen LogP contribution >= 0.6 is 24.0 Å². The summed E-state index contributed by atoms with van der Waals surface area (Å²) in [6, 6.07) is 3.91. The van der Waals surface area contributed by atoms with E-state index in [1.54, 1.807) is 6.07 Å². The van der Waals surface area contributed by atoms with Crippen molar-refractivity contribution >= 4 is 24.0 Å². The summed E-state index contributed by atoms with van der Waals surface area (Å²) in [7, 11) is 0. The first-order valence-electron chi connectivity index (χ1n) is 4.91. The lowest BCUT2D eigenvalue weighted by Gasteiger charge is -2.14. The van der Waals surface area contributed by atoms with Gasteiger partial charge in [-0.15, -0.1) is 12.4 Å². The second-order valence-electron chi connectivity index (χ2n) is 3.81. The summed E-state index contributed by atoms with van der Waals surface area (Å²) in [6.07, 6.45) is 2.24. The predicted octanol–water partition coefficient (Wildman–Crippen LogP) is 3.20. The van der Waals surface area contributed by atoms with Gasteiger partial charge in [0.15, 0.2) is 0 Å². The van der Waals surface area contributed by atoms with Crippen molar-refractivity contribution in [2.24, 2.45) is 0 Å². The quantitative estimate of drug-likeness (QED) is 0.799. The van der Waals surface area contributed by atoms with Crippen LogP contribution < -0.4 is 5.32 Å². The van der Waals surface area contributed by atoms with E-state index in [9.17, 15) is 5.11 Å². The molecule has 0 radical (unpaired) electrons. The maximum Gasteiger partial charge on any atom is 0.123 e. The smallest absolute Gasteiger partial charge is 0.123 e. The average Bonchev–Trinajstić information content (AvgIpc) is 2.63. The summed E-state index contributed by atoms with van der Waals surface area (Å²) in [6.45, 7) is 2.90. The number of halogens is 2. The zero-order chi connectivity index (χ0) is 10.1. The molecule has 0 unspecified atom stereocenters. The molecule has 0 amide bonds. The summed E-state index contributed by atoms with van der Waals surface area (Å²) >= 11 is 5.96. The van der Waals surface area contributed by atoms with Gasteiger partial charge in [-0.1, -0.05) is 11.6 Å². The van der Waals surface area contributed by atoms with Gasteiger partial charge in [-0.05, 0) is 44.0 Å². The minimum Gasteiger partial charge on any atom is -0.507 e. The van der Waals surface area contributed by atoms with Crippen molar-refractivity contribution in [3.8, 4) is 5.75 Å². The van der Waals surface area contributed by atoms with Crippen LogP contribution in [0.5, 0.6) is 5.75 Å². The van der Waals surface area contributed by atoms with E-state index in [2.05, 4.69) is 5.32 Å². The highest BCUT2D eigenvalue weighted by atomic mass is 35.5. The Morgan fingerprint density at radius 2 is 2.20 bits per heavy atom. The number of aromatic hydroxyl groups is 1. The first-order chi connectivity index (χ1) is 6.68. The Bertz CT molecular complexity index is 349. The van der Waals surface area contributed by atoms with E-state index in [1.165, 1.54) is 0 Å². The van der Waals surface area contributed by atoms with Gasteiger partial charge in [0.2, 0.25) is 0 Å². The Kier molecular flexibility index (Phi) is 4.26. The average molecular weight is 248 g/mol. The number of hydrogen-bond acceptors (Lipinski definition) is 2. The lowest BCUT2D eigenvalue weighted by atomic mass is 10.0. The van der Waals surface area contributed by atoms with E-state index in [1.807, 2.05) is 13.0 Å². The molecule has 2 nitrogen and oxygen atoms in total. The van der Waals surface area contributed by atoms with Crippen molar-refractivity contribution in [1.29, 1.82) is 0 Å². The van der Waals surface area contributed by atoms with E-state index in [0.717, 1.165) is 30.5 Å². The summed E-state index contributed by atoms with van der Waals surface area (Å²) < 4.78 is 0. The fourth-order valence-corrected chi connectivity index (χ4v) is 2.26. The largest absolute Gasteiger partial charge is 0.507 e. The highest BCUT2D eigenvalue weighted by Crippen LogP contribution is 2.34. The molecule has 0 aliphatic carbocycles. The normalized spacial score (nSPS) is 20.0. The van der Waals surface area contributed by atoms with Crippen LogP contribution in [0, 0.1) is 6.92 Å². The van der Waals surface area contributed by atoms with Gasteiger partial charge in [-0.2, -0.15) is 0 Å². The third-order valence-electron chi connectivity index (χ3n) is 2.73. The number of aryl methyl sites for hydroxylation is 1. The van der Waals surface area contributed by atoms with E-state index in [4.69, 9.17) is 11.6 Å². The molecule has 15 heavy (non-hydrogen) atoms. The number of benzene rings is 1. The van der Waals surface area contributed by atoms with Crippen molar-refractivity contribution in [3.05, 3.63) is 28.3 Å². The number of phenols is 1. The van der Waals surface area contributed by atoms with Crippen molar-refractivity contribution < 1.29 is 5.11 Å². The van der Waals surface area contributed by atoms with E-state index in [-0.39, 0.29) is 18.4 Å². The van der Waals surface area contributed by atoms with Crippen LogP contribution in [0.15, 0.2) is 12.1 Å². The topological polar surface area (TPSA) is 32.3 Å². The summed E-state index contributed by atoms with van der Waals surface area (Å²) in [5.41, 5.74) is 1.79. The number of hydrogen-bond donors (Lipinski definition) is 2. The zero-order valence-corrected chi connectivity index (χ0v) is 10.2. The van der Waals surface area contributed by atoms with Gasteiger partial charge in [-0.25, -0.2) is 0 Å². The van der Waals surface area contributed by atoms with Crippen LogP contribution in [0.25, 0.3) is 0 Å². The van der Waals surface area contributed by atoms with Crippen LogP contribution in [-0.2, 0) is 0 Å². The van der Waals surface area contributed by atoms with Crippen LogP contribution in [0.3, 0.4) is 0 Å². The zero-order valence-electron chi connectivity index (χ0n) is 8.59. The van der Waals surface area contributed by atoms with Crippen LogP contribution in [0.1, 0.15) is 30.0 Å². The molecule has 0 saturated carbocycles. The molecule has 0 bridgehead atoms. The summed E-state index contributed by atoms with van der Waals surface area (Å²) in [5.74, 6) is 0.383. The molecule has 2 N–H and O–H groups in total. The molecule has 2 rings (SSSR count). The third-order valence-corrected chi connectivity index (χ3v) is 2.95. The molecule has 1 aromatic rings. The molecule has 1 heterocycles. The Hall–Kier alpha value is -0.440. The first kappa shape index (κ1) is 12.6. The Morgan fingerprint density at radius 3 is 2.80 bits per heavy atom. The number of nitrogens with one attached hydrogen (secondary N) is 1. The Labute approximate surface area is 101 Å². The highest BCUT2D eigenvalue weighted by molar-refractivity contribution is 6.30. The maximum absolute atomic E-state index is 9.88. The van der Waals surface area contributed by atoms with E-state index in [0.29, 0.717) is 10.8 Å². The lowest BCUT2D eigenvalue weighted by Crippen LogP contribution is -2.13. The van der Waals surface area contributed by atoms with Gasteiger partial charge in [0.25, 0.3) is 0 Å². The standard InChI is InChI=1S/C11H14ClNO.ClH/c1-7-5-8(12)6-9(11(7)14)10-3-2-4-13-10;/h5-6,10,13-14H,2-4H2,1H3;1H/t10-;/m0./s1. The fraction of sp³-hybridized carbons (Fsp3) is 0.455. The number of rotatable bonds is 1. The van der Waals surface area contributed by atoms with Gasteiger partial charge >= 0.3 is 0 Å². The molecule has 1 saturated heterocycles.